The Labute approximate surface area is 507 Å². The van der Waals surface area contributed by atoms with Gasteiger partial charge in [0.15, 0.2) is 6.10 Å². The zero-order valence-corrected chi connectivity index (χ0v) is 53.7. The Morgan fingerprint density at radius 3 is 0.744 bits per heavy atom. The van der Waals surface area contributed by atoms with E-state index in [0.29, 0.717) is 12.8 Å². The fourth-order valence-corrected chi connectivity index (χ4v) is 9.62. The highest BCUT2D eigenvalue weighted by molar-refractivity contribution is 5.71. The number of rotatable bonds is 62. The molecule has 6 nitrogen and oxygen atoms in total. The molecule has 6 heteroatoms. The lowest BCUT2D eigenvalue weighted by atomic mass is 10.0. The minimum atomic E-state index is -0.814. The van der Waals surface area contributed by atoms with E-state index in [1.807, 2.05) is 0 Å². The molecule has 1 atom stereocenters. The van der Waals surface area contributed by atoms with Crippen LogP contribution in [0.25, 0.3) is 0 Å². The van der Waals surface area contributed by atoms with E-state index in [2.05, 4.69) is 142 Å². The van der Waals surface area contributed by atoms with Crippen molar-refractivity contribution in [3.8, 4) is 0 Å². The van der Waals surface area contributed by atoms with Crippen molar-refractivity contribution in [2.75, 3.05) is 13.2 Å². The van der Waals surface area contributed by atoms with Crippen LogP contribution in [0.2, 0.25) is 0 Å². The molecule has 0 radical (unpaired) electrons. The summed E-state index contributed by atoms with van der Waals surface area (Å²) < 4.78 is 16.9. The second kappa shape index (κ2) is 69.3. The lowest BCUT2D eigenvalue weighted by molar-refractivity contribution is -0.167. The van der Waals surface area contributed by atoms with Crippen LogP contribution in [0.1, 0.15) is 323 Å². The molecule has 0 spiro atoms. The van der Waals surface area contributed by atoms with Gasteiger partial charge in [-0.25, -0.2) is 0 Å². The molecule has 0 aromatic carbocycles. The van der Waals surface area contributed by atoms with Gasteiger partial charge in [-0.1, -0.05) is 316 Å². The van der Waals surface area contributed by atoms with Crippen LogP contribution < -0.4 is 0 Å². The highest BCUT2D eigenvalue weighted by Gasteiger charge is 2.19. The van der Waals surface area contributed by atoms with Crippen LogP contribution in [0.5, 0.6) is 0 Å². The molecule has 0 bridgehead atoms. The van der Waals surface area contributed by atoms with Gasteiger partial charge < -0.3 is 14.2 Å². The van der Waals surface area contributed by atoms with Crippen molar-refractivity contribution < 1.29 is 28.6 Å². The lowest BCUT2D eigenvalue weighted by Gasteiger charge is -2.18. The molecule has 0 aromatic rings. The standard InChI is InChI=1S/C76H128O6/c1-4-7-10-13-16-19-22-25-28-31-34-35-36-37-38-39-40-43-45-48-51-54-57-60-63-66-69-75(78)81-72-73(82-76(79)70-67-64-61-58-55-52-49-46-42-33-30-27-24-21-18-15-12-9-6-3)71-80-74(77)68-65-62-59-56-53-50-47-44-41-32-29-26-23-20-17-14-11-8-5-2/h8-9,11-12,17-18,20-21,26-27,29-30,41-42,44,46,50,52-53,55,73H,4-7,10,13-16,19,22-25,28,31-40,43,45,47-49,51,54,56-72H2,1-3H3/b11-8-,12-9-,20-17-,21-18-,29-26-,30-27-,44-41-,46-42-,53-50-,55-52-. The Morgan fingerprint density at radius 1 is 0.256 bits per heavy atom. The van der Waals surface area contributed by atoms with Crippen molar-refractivity contribution in [2.45, 2.75) is 329 Å². The van der Waals surface area contributed by atoms with E-state index >= 15 is 0 Å². The van der Waals surface area contributed by atoms with E-state index in [4.69, 9.17) is 14.2 Å². The molecule has 0 saturated carbocycles. The number of hydrogen-bond acceptors (Lipinski definition) is 6. The first-order chi connectivity index (χ1) is 40.5. The van der Waals surface area contributed by atoms with Gasteiger partial charge in [0, 0.05) is 19.3 Å². The molecular formula is C76H128O6. The van der Waals surface area contributed by atoms with E-state index < -0.39 is 6.10 Å². The first-order valence-electron chi connectivity index (χ1n) is 34.5. The Hall–Kier alpha value is -4.19. The number of esters is 3. The summed E-state index contributed by atoms with van der Waals surface area (Å²) in [6.45, 7) is 6.39. The number of carbonyl (C=O) groups is 3. The van der Waals surface area contributed by atoms with E-state index in [0.717, 1.165) is 135 Å². The molecule has 0 aliphatic carbocycles. The molecule has 0 N–H and O–H groups in total. The Kier molecular flexibility index (Phi) is 65.8. The van der Waals surface area contributed by atoms with E-state index in [1.165, 1.54) is 148 Å². The molecule has 0 fully saturated rings. The van der Waals surface area contributed by atoms with Crippen LogP contribution in [0, 0.1) is 0 Å². The van der Waals surface area contributed by atoms with Crippen molar-refractivity contribution in [1.29, 1.82) is 0 Å². The molecule has 0 saturated heterocycles. The molecule has 468 valence electrons. The van der Waals surface area contributed by atoms with Crippen LogP contribution in [-0.4, -0.2) is 37.2 Å². The van der Waals surface area contributed by atoms with Gasteiger partial charge in [-0.05, 0) is 109 Å². The van der Waals surface area contributed by atoms with Crippen molar-refractivity contribution in [3.63, 3.8) is 0 Å². The second-order valence-electron chi connectivity index (χ2n) is 22.7. The molecule has 1 unspecified atom stereocenters. The summed E-state index contributed by atoms with van der Waals surface area (Å²) in [4.78, 5) is 38.4. The van der Waals surface area contributed by atoms with E-state index in [-0.39, 0.29) is 37.5 Å². The van der Waals surface area contributed by atoms with Gasteiger partial charge in [-0.15, -0.1) is 0 Å². The normalized spacial score (nSPS) is 12.9. The number of carbonyl (C=O) groups excluding carboxylic acids is 3. The van der Waals surface area contributed by atoms with Gasteiger partial charge in [-0.3, -0.25) is 14.4 Å². The van der Waals surface area contributed by atoms with Crippen molar-refractivity contribution >= 4 is 17.9 Å². The molecule has 82 heavy (non-hydrogen) atoms. The topological polar surface area (TPSA) is 78.9 Å². The zero-order valence-electron chi connectivity index (χ0n) is 53.7. The highest BCUT2D eigenvalue weighted by atomic mass is 16.6. The van der Waals surface area contributed by atoms with Gasteiger partial charge in [-0.2, -0.15) is 0 Å². The first-order valence-corrected chi connectivity index (χ1v) is 34.5. The Bertz CT molecular complexity index is 1690. The molecule has 0 aliphatic heterocycles. The summed E-state index contributed by atoms with van der Waals surface area (Å²) in [7, 11) is 0. The van der Waals surface area contributed by atoms with Crippen molar-refractivity contribution in [1.82, 2.24) is 0 Å². The van der Waals surface area contributed by atoms with Crippen molar-refractivity contribution in [2.24, 2.45) is 0 Å². The minimum Gasteiger partial charge on any atom is -0.462 e. The molecule has 0 aromatic heterocycles. The number of unbranched alkanes of at least 4 members (excludes halogenated alkanes) is 31. The lowest BCUT2D eigenvalue weighted by Crippen LogP contribution is -2.30. The van der Waals surface area contributed by atoms with Crippen molar-refractivity contribution in [3.05, 3.63) is 122 Å². The quantitative estimate of drug-likeness (QED) is 0.0261. The smallest absolute Gasteiger partial charge is 0.306 e. The molecular weight excluding hydrogens is 1010 g/mol. The third-order valence-corrected chi connectivity index (χ3v) is 14.7. The highest BCUT2D eigenvalue weighted by Crippen LogP contribution is 2.17. The number of ether oxygens (including phenoxy) is 3. The summed E-state index contributed by atoms with van der Waals surface area (Å²) in [5.74, 6) is -0.959. The molecule has 0 aliphatic rings. The third kappa shape index (κ3) is 66.6. The number of hydrogen-bond donors (Lipinski definition) is 0. The van der Waals surface area contributed by atoms with Gasteiger partial charge in [0.1, 0.15) is 13.2 Å². The maximum absolute atomic E-state index is 12.9. The summed E-state index contributed by atoms with van der Waals surface area (Å²) in [6.07, 6.45) is 96.5. The maximum atomic E-state index is 12.9. The average Bonchev–Trinajstić information content (AvgIpc) is 3.47. The second-order valence-corrected chi connectivity index (χ2v) is 22.7. The van der Waals surface area contributed by atoms with Gasteiger partial charge in [0.25, 0.3) is 0 Å². The Balaban J connectivity index is 4.41. The SMILES string of the molecule is CC/C=C\C/C=C\C/C=C\C/C=C\C/C=C\CCCCCC(=O)OCC(COC(=O)CCCCCCCCCCCCCCCCCCCCCCCCCCCC)OC(=O)CCCCC/C=C\C/C=C\C/C=C\C/C=C\C/C=C\CC. The summed E-state index contributed by atoms with van der Waals surface area (Å²) in [6, 6.07) is 0. The average molecular weight is 1140 g/mol. The maximum Gasteiger partial charge on any atom is 0.306 e. The van der Waals surface area contributed by atoms with E-state index in [1.54, 1.807) is 0 Å². The largest absolute Gasteiger partial charge is 0.462 e. The summed E-state index contributed by atoms with van der Waals surface area (Å²) in [5.41, 5.74) is 0. The predicted octanol–water partition coefficient (Wildman–Crippen LogP) is 23.9. The molecule has 0 rings (SSSR count). The minimum absolute atomic E-state index is 0.103. The number of allylic oxidation sites excluding steroid dienone is 20. The van der Waals surface area contributed by atoms with Gasteiger partial charge in [0.05, 0.1) is 0 Å². The third-order valence-electron chi connectivity index (χ3n) is 14.7. The van der Waals surface area contributed by atoms with E-state index in [9.17, 15) is 14.4 Å². The molecule has 0 heterocycles. The fourth-order valence-electron chi connectivity index (χ4n) is 9.62. The predicted molar refractivity (Wildman–Crippen MR) is 357 cm³/mol. The summed E-state index contributed by atoms with van der Waals surface area (Å²) >= 11 is 0. The van der Waals surface area contributed by atoms with Crippen LogP contribution in [0.15, 0.2) is 122 Å². The zero-order chi connectivity index (χ0) is 59.2. The van der Waals surface area contributed by atoms with Gasteiger partial charge >= 0.3 is 17.9 Å². The van der Waals surface area contributed by atoms with Crippen LogP contribution >= 0.6 is 0 Å². The Morgan fingerprint density at radius 2 is 0.476 bits per heavy atom. The van der Waals surface area contributed by atoms with Crippen LogP contribution in [0.3, 0.4) is 0 Å². The monoisotopic (exact) mass is 1140 g/mol. The molecule has 0 amide bonds. The fraction of sp³-hybridized carbons (Fsp3) is 0.697. The van der Waals surface area contributed by atoms with Crippen LogP contribution in [-0.2, 0) is 28.6 Å². The van der Waals surface area contributed by atoms with Crippen LogP contribution in [0.4, 0.5) is 0 Å². The summed E-state index contributed by atoms with van der Waals surface area (Å²) in [5, 5.41) is 0. The van der Waals surface area contributed by atoms with Gasteiger partial charge in [0.2, 0.25) is 0 Å². The first kappa shape index (κ1) is 77.8.